The highest BCUT2D eigenvalue weighted by Gasteiger charge is 2.19. The Labute approximate surface area is 505 Å². The molecule has 474 valence electrons. The number of unbranched alkanes of at least 4 members (excludes halogenated alkanes) is 48. The van der Waals surface area contributed by atoms with Crippen LogP contribution in [0.2, 0.25) is 0 Å². The molecule has 0 N–H and O–H groups in total. The number of carbonyl (C=O) groups is 3. The fraction of sp³-hybridized carbons (Fsp3) is 0.853. The van der Waals surface area contributed by atoms with Gasteiger partial charge >= 0.3 is 17.9 Å². The van der Waals surface area contributed by atoms with Crippen LogP contribution < -0.4 is 0 Å². The minimum Gasteiger partial charge on any atom is -0.462 e. The molecule has 0 aliphatic carbocycles. The van der Waals surface area contributed by atoms with Gasteiger partial charge in [0.25, 0.3) is 0 Å². The number of ether oxygens (including phenoxy) is 3. The number of hydrogen-bond acceptors (Lipinski definition) is 6. The predicted molar refractivity (Wildman–Crippen MR) is 353 cm³/mol. The first-order valence-corrected chi connectivity index (χ1v) is 36.1. The van der Waals surface area contributed by atoms with Gasteiger partial charge in [-0.1, -0.05) is 365 Å². The third-order valence-corrected chi connectivity index (χ3v) is 16.3. The lowest BCUT2D eigenvalue weighted by Gasteiger charge is -2.18. The Morgan fingerprint density at radius 2 is 0.481 bits per heavy atom. The number of esters is 3. The van der Waals surface area contributed by atoms with Gasteiger partial charge in [0.15, 0.2) is 6.10 Å². The Hall–Kier alpha value is -2.63. The monoisotopic (exact) mass is 1140 g/mol. The maximum absolute atomic E-state index is 12.9. The molecule has 0 amide bonds. The summed E-state index contributed by atoms with van der Waals surface area (Å²) in [6, 6.07) is 0. The Morgan fingerprint density at radius 1 is 0.259 bits per heavy atom. The largest absolute Gasteiger partial charge is 0.462 e. The fourth-order valence-electron chi connectivity index (χ4n) is 11.0. The van der Waals surface area contributed by atoms with Crippen molar-refractivity contribution in [3.63, 3.8) is 0 Å². The summed E-state index contributed by atoms with van der Waals surface area (Å²) in [5, 5.41) is 0. The molecule has 0 spiro atoms. The van der Waals surface area contributed by atoms with Gasteiger partial charge in [-0.25, -0.2) is 0 Å². The van der Waals surface area contributed by atoms with Crippen molar-refractivity contribution in [3.8, 4) is 0 Å². The molecule has 0 saturated carbocycles. The zero-order chi connectivity index (χ0) is 58.5. The van der Waals surface area contributed by atoms with E-state index in [-0.39, 0.29) is 31.1 Å². The Morgan fingerprint density at radius 3 is 0.753 bits per heavy atom. The van der Waals surface area contributed by atoms with Crippen LogP contribution in [0.5, 0.6) is 0 Å². The minimum absolute atomic E-state index is 0.0678. The highest BCUT2D eigenvalue weighted by molar-refractivity contribution is 5.71. The summed E-state index contributed by atoms with van der Waals surface area (Å²) in [5.74, 6) is -0.856. The molecular weight excluding hydrogens is 997 g/mol. The van der Waals surface area contributed by atoms with E-state index in [1.807, 2.05) is 0 Å². The Balaban J connectivity index is 3.91. The highest BCUT2D eigenvalue weighted by Crippen LogP contribution is 2.19. The lowest BCUT2D eigenvalue weighted by molar-refractivity contribution is -0.167. The van der Waals surface area contributed by atoms with Crippen LogP contribution in [-0.2, 0) is 28.6 Å². The summed E-state index contributed by atoms with van der Waals surface area (Å²) in [4.78, 5) is 38.0. The van der Waals surface area contributed by atoms with Crippen LogP contribution in [0, 0.1) is 0 Å². The van der Waals surface area contributed by atoms with Crippen LogP contribution in [0.3, 0.4) is 0 Å². The molecule has 0 saturated heterocycles. The van der Waals surface area contributed by atoms with Gasteiger partial charge in [0.2, 0.25) is 0 Å². The van der Waals surface area contributed by atoms with Crippen LogP contribution >= 0.6 is 0 Å². The minimum atomic E-state index is -0.767. The maximum Gasteiger partial charge on any atom is 0.306 e. The van der Waals surface area contributed by atoms with Crippen molar-refractivity contribution in [3.05, 3.63) is 48.6 Å². The van der Waals surface area contributed by atoms with Gasteiger partial charge in [0.1, 0.15) is 13.2 Å². The zero-order valence-corrected chi connectivity index (χ0v) is 54.6. The molecule has 0 fully saturated rings. The average Bonchev–Trinajstić information content (AvgIpc) is 3.47. The quantitative estimate of drug-likeness (QED) is 0.0261. The first-order chi connectivity index (χ1) is 40.0. The van der Waals surface area contributed by atoms with Crippen LogP contribution in [0.4, 0.5) is 0 Å². The third kappa shape index (κ3) is 68.0. The number of carbonyl (C=O) groups excluding carboxylic acids is 3. The SMILES string of the molecule is CC/C=C\C/C=C\C/C=C\C/C=C\CCCCCCCCCCCCCCCCCCC(=O)OCC(COC(=O)CCCCCCC)OC(=O)CCCCCCCCCCCCCCCCCCCCCCCCCCCCCCC. The van der Waals surface area contributed by atoms with E-state index >= 15 is 0 Å². The van der Waals surface area contributed by atoms with E-state index in [4.69, 9.17) is 14.2 Å². The standard InChI is InChI=1S/C75H138O6/c1-4-7-10-13-15-17-19-21-23-25-27-29-31-33-35-37-39-41-43-45-47-49-51-53-55-57-59-62-65-68-74(77)80-71-72(70-79-73(76)67-64-61-12-9-6-3)81-75(78)69-66-63-60-58-56-54-52-50-48-46-44-42-40-38-36-34-32-30-28-26-24-22-20-18-16-14-11-8-5-2/h7,10,15,17,21,23,27,29,72H,4-6,8-9,11-14,16,18-20,22,24-26,28,30-71H2,1-3H3/b10-7-,17-15-,23-21-,29-27-. The molecule has 0 rings (SSSR count). The van der Waals surface area contributed by atoms with Gasteiger partial charge in [0.05, 0.1) is 0 Å². The summed E-state index contributed by atoms with van der Waals surface area (Å²) >= 11 is 0. The molecule has 81 heavy (non-hydrogen) atoms. The highest BCUT2D eigenvalue weighted by atomic mass is 16.6. The molecule has 1 atom stereocenters. The summed E-state index contributed by atoms with van der Waals surface area (Å²) in [6.45, 7) is 6.51. The smallest absolute Gasteiger partial charge is 0.306 e. The van der Waals surface area contributed by atoms with E-state index in [1.54, 1.807) is 0 Å². The van der Waals surface area contributed by atoms with Gasteiger partial charge in [-0.2, -0.15) is 0 Å². The van der Waals surface area contributed by atoms with Gasteiger partial charge < -0.3 is 14.2 Å². The van der Waals surface area contributed by atoms with Crippen LogP contribution in [-0.4, -0.2) is 37.2 Å². The summed E-state index contributed by atoms with van der Waals surface area (Å²) in [5.41, 5.74) is 0. The van der Waals surface area contributed by atoms with Crippen LogP contribution in [0.15, 0.2) is 48.6 Å². The number of allylic oxidation sites excluding steroid dienone is 8. The second kappa shape index (κ2) is 69.9. The first kappa shape index (κ1) is 78.4. The third-order valence-electron chi connectivity index (χ3n) is 16.3. The van der Waals surface area contributed by atoms with Crippen molar-refractivity contribution in [2.75, 3.05) is 13.2 Å². The second-order valence-corrected chi connectivity index (χ2v) is 24.5. The topological polar surface area (TPSA) is 78.9 Å². The molecular formula is C75H138O6. The summed E-state index contributed by atoms with van der Waals surface area (Å²) < 4.78 is 16.8. The average molecular weight is 1140 g/mol. The molecule has 0 aliphatic heterocycles. The molecule has 0 aromatic rings. The normalized spacial score (nSPS) is 12.3. The van der Waals surface area contributed by atoms with Crippen molar-refractivity contribution in [1.29, 1.82) is 0 Å². The van der Waals surface area contributed by atoms with E-state index < -0.39 is 6.10 Å². The van der Waals surface area contributed by atoms with E-state index in [0.29, 0.717) is 19.3 Å². The molecule has 0 radical (unpaired) electrons. The maximum atomic E-state index is 12.9. The molecule has 0 aromatic carbocycles. The van der Waals surface area contributed by atoms with E-state index in [0.717, 1.165) is 89.9 Å². The number of hydrogen-bond donors (Lipinski definition) is 0. The van der Waals surface area contributed by atoms with Crippen molar-refractivity contribution in [1.82, 2.24) is 0 Å². The van der Waals surface area contributed by atoms with Gasteiger partial charge in [-0.05, 0) is 57.8 Å². The van der Waals surface area contributed by atoms with Crippen molar-refractivity contribution < 1.29 is 28.6 Å². The van der Waals surface area contributed by atoms with Crippen molar-refractivity contribution >= 4 is 17.9 Å². The lowest BCUT2D eigenvalue weighted by atomic mass is 10.0. The molecule has 6 heteroatoms. The van der Waals surface area contributed by atoms with Crippen LogP contribution in [0.1, 0.15) is 393 Å². The molecule has 0 aromatic heterocycles. The summed E-state index contributed by atoms with van der Waals surface area (Å²) in [6.07, 6.45) is 89.3. The van der Waals surface area contributed by atoms with Crippen molar-refractivity contribution in [2.24, 2.45) is 0 Å². The molecule has 0 aliphatic rings. The van der Waals surface area contributed by atoms with Crippen LogP contribution in [0.25, 0.3) is 0 Å². The zero-order valence-electron chi connectivity index (χ0n) is 54.6. The van der Waals surface area contributed by atoms with Crippen molar-refractivity contribution in [2.45, 2.75) is 399 Å². The first-order valence-electron chi connectivity index (χ1n) is 36.1. The van der Waals surface area contributed by atoms with Gasteiger partial charge in [-0.3, -0.25) is 14.4 Å². The second-order valence-electron chi connectivity index (χ2n) is 24.5. The Kier molecular flexibility index (Phi) is 67.6. The Bertz CT molecular complexity index is 1400. The summed E-state index contributed by atoms with van der Waals surface area (Å²) in [7, 11) is 0. The molecule has 0 heterocycles. The fourth-order valence-corrected chi connectivity index (χ4v) is 11.0. The van der Waals surface area contributed by atoms with Gasteiger partial charge in [0, 0.05) is 19.3 Å². The van der Waals surface area contributed by atoms with E-state index in [9.17, 15) is 14.4 Å². The van der Waals surface area contributed by atoms with Gasteiger partial charge in [-0.15, -0.1) is 0 Å². The molecule has 0 bridgehead atoms. The van der Waals surface area contributed by atoms with E-state index in [1.165, 1.54) is 263 Å². The lowest BCUT2D eigenvalue weighted by Crippen LogP contribution is -2.30. The number of rotatable bonds is 67. The predicted octanol–water partition coefficient (Wildman–Crippen LogP) is 24.9. The molecule has 6 nitrogen and oxygen atoms in total. The molecule has 1 unspecified atom stereocenters. The van der Waals surface area contributed by atoms with E-state index in [2.05, 4.69) is 69.4 Å².